The average molecular weight is 313 g/mol. The molecular formula is C15H23NO6. The van der Waals surface area contributed by atoms with Crippen LogP contribution in [0.1, 0.15) is 40.0 Å². The van der Waals surface area contributed by atoms with E-state index in [-0.39, 0.29) is 31.4 Å². The smallest absolute Gasteiger partial charge is 0.314 e. The molecule has 2 fully saturated rings. The summed E-state index contributed by atoms with van der Waals surface area (Å²) in [5, 5.41) is 1.16. The van der Waals surface area contributed by atoms with Crippen molar-refractivity contribution in [1.82, 2.24) is 5.06 Å². The summed E-state index contributed by atoms with van der Waals surface area (Å²) in [6, 6.07) is 0. The van der Waals surface area contributed by atoms with E-state index in [9.17, 15) is 14.4 Å². The number of hydrogen-bond acceptors (Lipinski definition) is 6. The van der Waals surface area contributed by atoms with Gasteiger partial charge in [-0.25, -0.2) is 5.06 Å². The highest BCUT2D eigenvalue weighted by molar-refractivity contribution is 5.86. The molecule has 0 aromatic rings. The Morgan fingerprint density at radius 1 is 1.32 bits per heavy atom. The van der Waals surface area contributed by atoms with E-state index in [2.05, 4.69) is 0 Å². The Morgan fingerprint density at radius 3 is 2.45 bits per heavy atom. The number of amides is 1. The minimum Gasteiger partial charge on any atom is -0.469 e. The lowest BCUT2D eigenvalue weighted by Crippen LogP contribution is -2.33. The molecule has 22 heavy (non-hydrogen) atoms. The minimum atomic E-state index is -0.626. The molecule has 7 heteroatoms. The van der Waals surface area contributed by atoms with Crippen LogP contribution in [0.25, 0.3) is 0 Å². The third kappa shape index (κ3) is 3.76. The zero-order chi connectivity index (χ0) is 16.5. The van der Waals surface area contributed by atoms with Crippen LogP contribution in [-0.4, -0.2) is 48.8 Å². The summed E-state index contributed by atoms with van der Waals surface area (Å²) in [6.45, 7) is 5.60. The Hall–Kier alpha value is -1.63. The molecule has 1 unspecified atom stereocenters. The van der Waals surface area contributed by atoms with Gasteiger partial charge in [0.05, 0.1) is 31.6 Å². The number of esters is 2. The van der Waals surface area contributed by atoms with Gasteiger partial charge in [0.15, 0.2) is 0 Å². The number of methoxy groups -OCH3 is 1. The number of carbonyl (C=O) groups is 3. The number of nitrogens with zero attached hydrogens (tertiary/aromatic N) is 1. The third-order valence-electron chi connectivity index (χ3n) is 3.79. The summed E-state index contributed by atoms with van der Waals surface area (Å²) in [5.74, 6) is -1.51. The van der Waals surface area contributed by atoms with Crippen LogP contribution in [0.15, 0.2) is 0 Å². The van der Waals surface area contributed by atoms with E-state index in [1.54, 1.807) is 20.8 Å². The molecule has 2 rings (SSSR count). The van der Waals surface area contributed by atoms with E-state index in [0.29, 0.717) is 12.8 Å². The Balaban J connectivity index is 1.86. The zero-order valence-electron chi connectivity index (χ0n) is 13.5. The van der Waals surface area contributed by atoms with Gasteiger partial charge < -0.3 is 9.47 Å². The molecule has 0 N–H and O–H groups in total. The van der Waals surface area contributed by atoms with Crippen LogP contribution in [0, 0.1) is 11.3 Å². The maximum absolute atomic E-state index is 12.0. The fraction of sp³-hybridized carbons (Fsp3) is 0.800. The van der Waals surface area contributed by atoms with Gasteiger partial charge in [-0.05, 0) is 33.6 Å². The predicted octanol–water partition coefficient (Wildman–Crippen LogP) is 1.06. The molecule has 1 heterocycles. The summed E-state index contributed by atoms with van der Waals surface area (Å²) in [6.07, 6.45) is 1.45. The summed E-state index contributed by atoms with van der Waals surface area (Å²) < 4.78 is 10.0. The van der Waals surface area contributed by atoms with Crippen molar-refractivity contribution in [3.63, 3.8) is 0 Å². The second-order valence-electron chi connectivity index (χ2n) is 6.93. The molecule has 0 bridgehead atoms. The van der Waals surface area contributed by atoms with E-state index >= 15 is 0 Å². The summed E-state index contributed by atoms with van der Waals surface area (Å²) in [4.78, 5) is 41.0. The molecule has 0 radical (unpaired) electrons. The molecule has 0 spiro atoms. The fourth-order valence-corrected chi connectivity index (χ4v) is 2.32. The Morgan fingerprint density at radius 2 is 1.95 bits per heavy atom. The molecule has 0 aromatic heterocycles. The monoisotopic (exact) mass is 313 g/mol. The van der Waals surface area contributed by atoms with Crippen molar-refractivity contribution in [2.75, 3.05) is 20.3 Å². The van der Waals surface area contributed by atoms with Gasteiger partial charge >= 0.3 is 11.9 Å². The lowest BCUT2D eigenvalue weighted by molar-refractivity contribution is -0.190. The van der Waals surface area contributed by atoms with Crippen LogP contribution in [0.4, 0.5) is 0 Å². The SMILES string of the molecule is COC(=O)C1(CON2CC(C(=O)OC(C)(C)C)CC2=O)CC1. The minimum absolute atomic E-state index is 0.0696. The second kappa shape index (κ2) is 5.87. The van der Waals surface area contributed by atoms with Crippen molar-refractivity contribution in [1.29, 1.82) is 0 Å². The largest absolute Gasteiger partial charge is 0.469 e. The van der Waals surface area contributed by atoms with Gasteiger partial charge in [-0.2, -0.15) is 0 Å². The molecule has 2 aliphatic rings. The van der Waals surface area contributed by atoms with Gasteiger partial charge in [0.2, 0.25) is 5.91 Å². The Kier molecular flexibility index (Phi) is 4.47. The topological polar surface area (TPSA) is 82.1 Å². The van der Waals surface area contributed by atoms with Crippen LogP contribution in [0.5, 0.6) is 0 Å². The maximum Gasteiger partial charge on any atom is 0.314 e. The van der Waals surface area contributed by atoms with E-state index in [1.807, 2.05) is 0 Å². The zero-order valence-corrected chi connectivity index (χ0v) is 13.5. The molecule has 1 aliphatic carbocycles. The Labute approximate surface area is 129 Å². The van der Waals surface area contributed by atoms with Crippen molar-refractivity contribution >= 4 is 17.8 Å². The van der Waals surface area contributed by atoms with Gasteiger partial charge in [0.25, 0.3) is 0 Å². The summed E-state index contributed by atoms with van der Waals surface area (Å²) >= 11 is 0. The lowest BCUT2D eigenvalue weighted by Gasteiger charge is -2.22. The molecule has 1 saturated carbocycles. The van der Waals surface area contributed by atoms with Crippen molar-refractivity contribution < 1.29 is 28.7 Å². The van der Waals surface area contributed by atoms with Crippen molar-refractivity contribution in [3.05, 3.63) is 0 Å². The normalized spacial score (nSPS) is 23.4. The first kappa shape index (κ1) is 16.7. The second-order valence-corrected chi connectivity index (χ2v) is 6.93. The summed E-state index contributed by atoms with van der Waals surface area (Å²) in [5.41, 5.74) is -1.21. The van der Waals surface area contributed by atoms with Crippen molar-refractivity contribution in [2.45, 2.75) is 45.6 Å². The van der Waals surface area contributed by atoms with Crippen molar-refractivity contribution in [3.8, 4) is 0 Å². The van der Waals surface area contributed by atoms with E-state index in [4.69, 9.17) is 14.3 Å². The van der Waals surface area contributed by atoms with Gasteiger partial charge in [0.1, 0.15) is 5.60 Å². The van der Waals surface area contributed by atoms with Gasteiger partial charge in [-0.1, -0.05) is 0 Å². The number of rotatable bonds is 5. The molecular weight excluding hydrogens is 290 g/mol. The first-order chi connectivity index (χ1) is 10.2. The predicted molar refractivity (Wildman–Crippen MR) is 75.3 cm³/mol. The molecule has 1 saturated heterocycles. The fourth-order valence-electron chi connectivity index (χ4n) is 2.32. The van der Waals surface area contributed by atoms with E-state index in [0.717, 1.165) is 5.06 Å². The summed E-state index contributed by atoms with van der Waals surface area (Å²) in [7, 11) is 1.34. The first-order valence-corrected chi connectivity index (χ1v) is 7.41. The van der Waals surface area contributed by atoms with Gasteiger partial charge in [-0.15, -0.1) is 0 Å². The molecule has 0 aromatic carbocycles. The van der Waals surface area contributed by atoms with Crippen LogP contribution in [0.3, 0.4) is 0 Å². The highest BCUT2D eigenvalue weighted by Gasteiger charge is 2.52. The highest BCUT2D eigenvalue weighted by atomic mass is 16.7. The molecule has 124 valence electrons. The molecule has 1 atom stereocenters. The van der Waals surface area contributed by atoms with Gasteiger partial charge in [0, 0.05) is 6.42 Å². The van der Waals surface area contributed by atoms with E-state index in [1.165, 1.54) is 7.11 Å². The quantitative estimate of drug-likeness (QED) is 0.706. The van der Waals surface area contributed by atoms with Crippen molar-refractivity contribution in [2.24, 2.45) is 11.3 Å². The Bertz CT molecular complexity index is 477. The van der Waals surface area contributed by atoms with Crippen LogP contribution < -0.4 is 0 Å². The number of hydrogen-bond donors (Lipinski definition) is 0. The first-order valence-electron chi connectivity index (χ1n) is 7.41. The standard InChI is InChI=1S/C15H23NO6/c1-14(2,3)22-12(18)10-7-11(17)16(8-10)21-9-15(5-6-15)13(19)20-4/h10H,5-9H2,1-4H3. The van der Waals surface area contributed by atoms with E-state index < -0.39 is 22.9 Å². The highest BCUT2D eigenvalue weighted by Crippen LogP contribution is 2.47. The number of ether oxygens (including phenoxy) is 2. The average Bonchev–Trinajstić information content (AvgIpc) is 3.11. The maximum atomic E-state index is 12.0. The van der Waals surface area contributed by atoms with Crippen LogP contribution in [-0.2, 0) is 28.7 Å². The third-order valence-corrected chi connectivity index (χ3v) is 3.79. The van der Waals surface area contributed by atoms with Crippen LogP contribution >= 0.6 is 0 Å². The van der Waals surface area contributed by atoms with Crippen LogP contribution in [0.2, 0.25) is 0 Å². The number of carbonyl (C=O) groups excluding carboxylic acids is 3. The van der Waals surface area contributed by atoms with Gasteiger partial charge in [-0.3, -0.25) is 19.2 Å². The lowest BCUT2D eigenvalue weighted by atomic mass is 10.1. The molecule has 1 amide bonds. The molecule has 7 nitrogen and oxygen atoms in total. The molecule has 1 aliphatic heterocycles. The number of hydroxylamine groups is 2.